The Labute approximate surface area is 139 Å². The van der Waals surface area contributed by atoms with Crippen molar-refractivity contribution in [3.05, 3.63) is 42.0 Å². The Bertz CT molecular complexity index is 882. The number of aromatic nitrogens is 4. The van der Waals surface area contributed by atoms with Crippen LogP contribution in [-0.4, -0.2) is 32.8 Å². The summed E-state index contributed by atoms with van der Waals surface area (Å²) < 4.78 is 7.18. The number of carbonyl (C=O) groups excluding carboxylic acids is 1. The van der Waals surface area contributed by atoms with E-state index in [0.717, 1.165) is 47.7 Å². The molecule has 3 heterocycles. The number of nitrogens with zero attached hydrogens (tertiary/aromatic N) is 3. The average molecular weight is 325 g/mol. The van der Waals surface area contributed by atoms with Crippen LogP contribution in [0.25, 0.3) is 11.0 Å². The van der Waals surface area contributed by atoms with Crippen molar-refractivity contribution in [2.75, 3.05) is 7.11 Å². The predicted octanol–water partition coefficient (Wildman–Crippen LogP) is 1.65. The van der Waals surface area contributed by atoms with Gasteiger partial charge in [-0.3, -0.25) is 9.48 Å². The van der Waals surface area contributed by atoms with Gasteiger partial charge in [0.25, 0.3) is 0 Å². The van der Waals surface area contributed by atoms with E-state index in [4.69, 9.17) is 4.74 Å². The summed E-state index contributed by atoms with van der Waals surface area (Å²) in [6.45, 7) is 1.19. The quantitative estimate of drug-likeness (QED) is 0.764. The van der Waals surface area contributed by atoms with Crippen molar-refractivity contribution >= 4 is 16.9 Å². The summed E-state index contributed by atoms with van der Waals surface area (Å²) in [5, 5.41) is 7.23. The summed E-state index contributed by atoms with van der Waals surface area (Å²) in [4.78, 5) is 20.1. The SMILES string of the molecule is COc1ccc2nc(CNC(=O)C3CCn4nccc4C3)[nH]c2c1. The van der Waals surface area contributed by atoms with Crippen LogP contribution in [0.4, 0.5) is 0 Å². The first-order chi connectivity index (χ1) is 11.7. The van der Waals surface area contributed by atoms with Crippen LogP contribution in [0.1, 0.15) is 17.9 Å². The van der Waals surface area contributed by atoms with Crippen LogP contribution in [0.5, 0.6) is 5.75 Å². The first-order valence-corrected chi connectivity index (χ1v) is 8.04. The van der Waals surface area contributed by atoms with Gasteiger partial charge in [0.05, 0.1) is 24.7 Å². The topological polar surface area (TPSA) is 84.8 Å². The molecule has 7 heteroatoms. The van der Waals surface area contributed by atoms with Gasteiger partial charge in [0.15, 0.2) is 0 Å². The molecule has 2 N–H and O–H groups in total. The van der Waals surface area contributed by atoms with E-state index >= 15 is 0 Å². The molecule has 7 nitrogen and oxygen atoms in total. The number of aromatic amines is 1. The van der Waals surface area contributed by atoms with E-state index in [9.17, 15) is 4.79 Å². The lowest BCUT2D eigenvalue weighted by Gasteiger charge is -2.22. The van der Waals surface area contributed by atoms with Crippen LogP contribution < -0.4 is 10.1 Å². The van der Waals surface area contributed by atoms with Crippen molar-refractivity contribution in [1.29, 1.82) is 0 Å². The molecule has 1 aliphatic heterocycles. The largest absolute Gasteiger partial charge is 0.497 e. The summed E-state index contributed by atoms with van der Waals surface area (Å²) in [5.41, 5.74) is 2.89. The Morgan fingerprint density at radius 3 is 3.25 bits per heavy atom. The highest BCUT2D eigenvalue weighted by Crippen LogP contribution is 2.21. The molecule has 1 amide bonds. The lowest BCUT2D eigenvalue weighted by Crippen LogP contribution is -2.35. The molecular weight excluding hydrogens is 306 g/mol. The summed E-state index contributed by atoms with van der Waals surface area (Å²) in [6.07, 6.45) is 3.35. The van der Waals surface area contributed by atoms with Crippen LogP contribution in [0.3, 0.4) is 0 Å². The Morgan fingerprint density at radius 1 is 1.46 bits per heavy atom. The second-order valence-electron chi connectivity index (χ2n) is 6.02. The Morgan fingerprint density at radius 2 is 2.38 bits per heavy atom. The number of benzene rings is 1. The molecule has 4 rings (SSSR count). The zero-order valence-corrected chi connectivity index (χ0v) is 13.5. The number of hydrogen-bond acceptors (Lipinski definition) is 4. The second kappa shape index (κ2) is 5.99. The fourth-order valence-corrected chi connectivity index (χ4v) is 3.16. The molecular formula is C17H19N5O2. The number of methoxy groups -OCH3 is 1. The van der Waals surface area contributed by atoms with Gasteiger partial charge in [-0.2, -0.15) is 5.10 Å². The van der Waals surface area contributed by atoms with Gasteiger partial charge in [0.1, 0.15) is 11.6 Å². The van der Waals surface area contributed by atoms with Crippen molar-refractivity contribution in [3.63, 3.8) is 0 Å². The smallest absolute Gasteiger partial charge is 0.223 e. The molecule has 3 aromatic rings. The molecule has 0 saturated heterocycles. The third-order valence-corrected chi connectivity index (χ3v) is 4.49. The molecule has 0 spiro atoms. The number of carbonyl (C=O) groups is 1. The first kappa shape index (κ1) is 14.7. The minimum absolute atomic E-state index is 0.00123. The maximum absolute atomic E-state index is 12.4. The molecule has 24 heavy (non-hydrogen) atoms. The van der Waals surface area contributed by atoms with Crippen molar-refractivity contribution in [3.8, 4) is 5.75 Å². The van der Waals surface area contributed by atoms with Gasteiger partial charge in [-0.1, -0.05) is 0 Å². The number of imidazole rings is 1. The standard InChI is InChI=1S/C17H19N5O2/c1-24-13-2-3-14-15(9-13)21-16(20-14)10-18-17(23)11-5-7-22-12(8-11)4-6-19-22/h2-4,6,9,11H,5,7-8,10H2,1H3,(H,18,23)(H,20,21). The molecule has 124 valence electrons. The van der Waals surface area contributed by atoms with Gasteiger partial charge in [0, 0.05) is 36.8 Å². The van der Waals surface area contributed by atoms with E-state index < -0.39 is 0 Å². The molecule has 1 atom stereocenters. The third kappa shape index (κ3) is 2.73. The van der Waals surface area contributed by atoms with Crippen LogP contribution in [-0.2, 0) is 24.3 Å². The summed E-state index contributed by atoms with van der Waals surface area (Å²) >= 11 is 0. The Hall–Kier alpha value is -2.83. The minimum Gasteiger partial charge on any atom is -0.497 e. The van der Waals surface area contributed by atoms with Crippen LogP contribution in [0.2, 0.25) is 0 Å². The van der Waals surface area contributed by atoms with E-state index in [1.165, 1.54) is 0 Å². The molecule has 2 aromatic heterocycles. The minimum atomic E-state index is -0.00123. The molecule has 1 unspecified atom stereocenters. The Balaban J connectivity index is 1.40. The summed E-state index contributed by atoms with van der Waals surface area (Å²) in [7, 11) is 1.63. The van der Waals surface area contributed by atoms with Crippen LogP contribution in [0.15, 0.2) is 30.5 Å². The maximum atomic E-state index is 12.4. The van der Waals surface area contributed by atoms with Gasteiger partial charge in [-0.25, -0.2) is 4.98 Å². The molecule has 0 radical (unpaired) electrons. The van der Waals surface area contributed by atoms with Gasteiger partial charge >= 0.3 is 0 Å². The third-order valence-electron chi connectivity index (χ3n) is 4.49. The number of H-pyrrole nitrogens is 1. The van der Waals surface area contributed by atoms with Gasteiger partial charge in [-0.05, 0) is 24.6 Å². The predicted molar refractivity (Wildman–Crippen MR) is 88.5 cm³/mol. The average Bonchev–Trinajstić information content (AvgIpc) is 3.24. The lowest BCUT2D eigenvalue weighted by atomic mass is 9.95. The molecule has 0 saturated carbocycles. The molecule has 1 aliphatic rings. The number of fused-ring (bicyclic) bond motifs is 2. The van der Waals surface area contributed by atoms with E-state index in [0.29, 0.717) is 6.54 Å². The van der Waals surface area contributed by atoms with Crippen molar-refractivity contribution < 1.29 is 9.53 Å². The zero-order chi connectivity index (χ0) is 16.5. The van der Waals surface area contributed by atoms with Gasteiger partial charge in [-0.15, -0.1) is 0 Å². The zero-order valence-electron chi connectivity index (χ0n) is 13.5. The number of amides is 1. The van der Waals surface area contributed by atoms with E-state index in [1.54, 1.807) is 13.3 Å². The summed E-state index contributed by atoms with van der Waals surface area (Å²) in [5.74, 6) is 1.59. The fourth-order valence-electron chi connectivity index (χ4n) is 3.16. The van der Waals surface area contributed by atoms with Crippen molar-refractivity contribution in [2.24, 2.45) is 5.92 Å². The monoisotopic (exact) mass is 325 g/mol. The van der Waals surface area contributed by atoms with E-state index in [-0.39, 0.29) is 11.8 Å². The molecule has 0 aliphatic carbocycles. The van der Waals surface area contributed by atoms with Crippen LogP contribution >= 0.6 is 0 Å². The maximum Gasteiger partial charge on any atom is 0.223 e. The molecule has 1 aromatic carbocycles. The van der Waals surface area contributed by atoms with E-state index in [1.807, 2.05) is 28.9 Å². The van der Waals surface area contributed by atoms with Crippen molar-refractivity contribution in [2.45, 2.75) is 25.9 Å². The number of hydrogen-bond donors (Lipinski definition) is 2. The highest BCUT2D eigenvalue weighted by atomic mass is 16.5. The fraction of sp³-hybridized carbons (Fsp3) is 0.353. The van der Waals surface area contributed by atoms with Crippen molar-refractivity contribution in [1.82, 2.24) is 25.1 Å². The van der Waals surface area contributed by atoms with Gasteiger partial charge < -0.3 is 15.0 Å². The molecule has 0 bridgehead atoms. The first-order valence-electron chi connectivity index (χ1n) is 8.04. The summed E-state index contributed by atoms with van der Waals surface area (Å²) in [6, 6.07) is 7.65. The Kier molecular flexibility index (Phi) is 3.68. The van der Waals surface area contributed by atoms with Crippen LogP contribution in [0, 0.1) is 5.92 Å². The number of nitrogens with one attached hydrogen (secondary N) is 2. The number of ether oxygens (including phenoxy) is 1. The lowest BCUT2D eigenvalue weighted by molar-refractivity contribution is -0.125. The number of rotatable bonds is 4. The normalized spacial score (nSPS) is 16.8. The highest BCUT2D eigenvalue weighted by Gasteiger charge is 2.24. The van der Waals surface area contributed by atoms with Gasteiger partial charge in [0.2, 0.25) is 5.91 Å². The molecule has 0 fully saturated rings. The second-order valence-corrected chi connectivity index (χ2v) is 6.02. The highest BCUT2D eigenvalue weighted by molar-refractivity contribution is 5.79. The van der Waals surface area contributed by atoms with E-state index in [2.05, 4.69) is 20.4 Å². The number of aryl methyl sites for hydroxylation is 1.